The number of hydrogen-bond donors (Lipinski definition) is 0. The van der Waals surface area contributed by atoms with Crippen LogP contribution in [0.3, 0.4) is 0 Å². The van der Waals surface area contributed by atoms with E-state index < -0.39 is 0 Å². The summed E-state index contributed by atoms with van der Waals surface area (Å²) in [6.07, 6.45) is 12.1. The van der Waals surface area contributed by atoms with E-state index in [1.165, 1.54) is 64.5 Å². The molecule has 0 aromatic rings. The minimum absolute atomic E-state index is 0.638. The summed E-state index contributed by atoms with van der Waals surface area (Å²) in [7, 11) is 0. The molecule has 5 aliphatic rings. The molecule has 1 aliphatic heterocycles. The SMILES string of the molecule is CC12CC3CC(C)(C1)CC(N1CCCC1)(C3)C2. The van der Waals surface area contributed by atoms with E-state index in [1.54, 1.807) is 0 Å². The number of nitrogens with zero attached hydrogens (tertiary/aromatic N) is 1. The van der Waals surface area contributed by atoms with Crippen molar-refractivity contribution in [3.05, 3.63) is 0 Å². The fourth-order valence-electron chi connectivity index (χ4n) is 6.93. The Balaban J connectivity index is 1.72. The van der Waals surface area contributed by atoms with Gasteiger partial charge >= 0.3 is 0 Å². The topological polar surface area (TPSA) is 3.24 Å². The molecule has 4 aliphatic carbocycles. The lowest BCUT2D eigenvalue weighted by Crippen LogP contribution is -2.64. The second kappa shape index (κ2) is 3.10. The molecular weight excluding hydrogens is 206 g/mol. The van der Waals surface area contributed by atoms with E-state index in [1.807, 2.05) is 0 Å². The summed E-state index contributed by atoms with van der Waals surface area (Å²) in [5.41, 5.74) is 2.02. The summed E-state index contributed by atoms with van der Waals surface area (Å²) in [5.74, 6) is 1.06. The van der Waals surface area contributed by atoms with Crippen molar-refractivity contribution in [2.45, 2.75) is 70.8 Å². The van der Waals surface area contributed by atoms with E-state index in [0.717, 1.165) is 5.92 Å². The van der Waals surface area contributed by atoms with Crippen molar-refractivity contribution in [2.75, 3.05) is 13.1 Å². The average molecular weight is 233 g/mol. The lowest BCUT2D eigenvalue weighted by atomic mass is 9.42. The van der Waals surface area contributed by atoms with Crippen LogP contribution in [-0.4, -0.2) is 23.5 Å². The molecule has 1 saturated heterocycles. The minimum atomic E-state index is 0.638. The molecule has 17 heavy (non-hydrogen) atoms. The third kappa shape index (κ3) is 1.47. The minimum Gasteiger partial charge on any atom is -0.298 e. The Morgan fingerprint density at radius 1 is 0.824 bits per heavy atom. The second-order valence-corrected chi connectivity index (χ2v) is 8.55. The van der Waals surface area contributed by atoms with Crippen LogP contribution in [0.2, 0.25) is 0 Å². The first-order chi connectivity index (χ1) is 8.01. The summed E-state index contributed by atoms with van der Waals surface area (Å²) < 4.78 is 0. The molecule has 0 amide bonds. The maximum Gasteiger partial charge on any atom is 0.0222 e. The molecule has 4 bridgehead atoms. The van der Waals surface area contributed by atoms with Crippen molar-refractivity contribution in [3.8, 4) is 0 Å². The van der Waals surface area contributed by atoms with E-state index in [4.69, 9.17) is 0 Å². The van der Waals surface area contributed by atoms with Gasteiger partial charge in [0.1, 0.15) is 0 Å². The molecule has 5 fully saturated rings. The normalized spacial score (nSPS) is 57.9. The molecule has 96 valence electrons. The number of likely N-dealkylation sites (tertiary alicyclic amines) is 1. The number of rotatable bonds is 1. The van der Waals surface area contributed by atoms with Gasteiger partial charge < -0.3 is 0 Å². The third-order valence-electron chi connectivity index (χ3n) is 6.37. The lowest BCUT2D eigenvalue weighted by molar-refractivity contribution is -0.156. The Labute approximate surface area is 106 Å². The highest BCUT2D eigenvalue weighted by Crippen LogP contribution is 2.67. The first-order valence-electron chi connectivity index (χ1n) is 7.76. The lowest BCUT2D eigenvalue weighted by Gasteiger charge is -2.67. The van der Waals surface area contributed by atoms with Gasteiger partial charge in [-0.3, -0.25) is 4.90 Å². The van der Waals surface area contributed by atoms with Crippen LogP contribution in [0, 0.1) is 16.7 Å². The van der Waals surface area contributed by atoms with Gasteiger partial charge in [-0.1, -0.05) is 13.8 Å². The van der Waals surface area contributed by atoms with Gasteiger partial charge in [0, 0.05) is 5.54 Å². The molecule has 0 N–H and O–H groups in total. The highest BCUT2D eigenvalue weighted by Gasteiger charge is 2.61. The van der Waals surface area contributed by atoms with Gasteiger partial charge in [-0.05, 0) is 81.2 Å². The van der Waals surface area contributed by atoms with Gasteiger partial charge in [-0.25, -0.2) is 0 Å². The molecule has 1 heterocycles. The van der Waals surface area contributed by atoms with E-state index in [-0.39, 0.29) is 0 Å². The quantitative estimate of drug-likeness (QED) is 0.665. The molecule has 1 nitrogen and oxygen atoms in total. The zero-order valence-electron chi connectivity index (χ0n) is 11.6. The molecule has 2 unspecified atom stereocenters. The molecule has 0 aromatic heterocycles. The smallest absolute Gasteiger partial charge is 0.0222 e. The predicted molar refractivity (Wildman–Crippen MR) is 70.9 cm³/mol. The summed E-state index contributed by atoms with van der Waals surface area (Å²) >= 11 is 0. The first-order valence-corrected chi connectivity index (χ1v) is 7.76. The molecular formula is C16H27N. The Kier molecular flexibility index (Phi) is 1.98. The highest BCUT2D eigenvalue weighted by molar-refractivity contribution is 5.15. The molecule has 0 radical (unpaired) electrons. The second-order valence-electron chi connectivity index (χ2n) is 8.55. The maximum atomic E-state index is 2.91. The standard InChI is InChI=1S/C16H27N/c1-14-7-13-8-15(2,10-14)12-16(9-13,11-14)17-5-3-4-6-17/h13H,3-12H2,1-2H3. The third-order valence-corrected chi connectivity index (χ3v) is 6.37. The number of hydrogen-bond acceptors (Lipinski definition) is 1. The highest BCUT2D eigenvalue weighted by atomic mass is 15.2. The molecule has 4 saturated carbocycles. The monoisotopic (exact) mass is 233 g/mol. The Hall–Kier alpha value is -0.0400. The summed E-state index contributed by atoms with van der Waals surface area (Å²) in [5, 5.41) is 0. The van der Waals surface area contributed by atoms with Crippen LogP contribution in [-0.2, 0) is 0 Å². The van der Waals surface area contributed by atoms with Crippen molar-refractivity contribution >= 4 is 0 Å². The van der Waals surface area contributed by atoms with Gasteiger partial charge in [0.15, 0.2) is 0 Å². The van der Waals surface area contributed by atoms with Crippen molar-refractivity contribution < 1.29 is 0 Å². The van der Waals surface area contributed by atoms with E-state index in [2.05, 4.69) is 18.7 Å². The van der Waals surface area contributed by atoms with Crippen molar-refractivity contribution in [2.24, 2.45) is 16.7 Å². The summed E-state index contributed by atoms with van der Waals surface area (Å²) in [6, 6.07) is 0. The molecule has 2 atom stereocenters. The maximum absolute atomic E-state index is 2.91. The van der Waals surface area contributed by atoms with Gasteiger partial charge in [-0.15, -0.1) is 0 Å². The Morgan fingerprint density at radius 2 is 1.41 bits per heavy atom. The van der Waals surface area contributed by atoms with Crippen molar-refractivity contribution in [1.29, 1.82) is 0 Å². The van der Waals surface area contributed by atoms with Crippen LogP contribution in [0.4, 0.5) is 0 Å². The fourth-order valence-corrected chi connectivity index (χ4v) is 6.93. The summed E-state index contributed by atoms with van der Waals surface area (Å²) in [4.78, 5) is 2.91. The van der Waals surface area contributed by atoms with Crippen LogP contribution in [0.25, 0.3) is 0 Å². The predicted octanol–water partition coefficient (Wildman–Crippen LogP) is 3.83. The average Bonchev–Trinajstić information content (AvgIpc) is 2.63. The van der Waals surface area contributed by atoms with Gasteiger partial charge in [0.05, 0.1) is 0 Å². The molecule has 0 aromatic carbocycles. The van der Waals surface area contributed by atoms with Crippen LogP contribution in [0.1, 0.15) is 65.2 Å². The molecule has 5 rings (SSSR count). The molecule has 0 spiro atoms. The summed E-state index contributed by atoms with van der Waals surface area (Å²) in [6.45, 7) is 8.00. The molecule has 1 heteroatoms. The largest absolute Gasteiger partial charge is 0.298 e. The van der Waals surface area contributed by atoms with E-state index >= 15 is 0 Å². The van der Waals surface area contributed by atoms with Gasteiger partial charge in [0.2, 0.25) is 0 Å². The Morgan fingerprint density at radius 3 is 1.94 bits per heavy atom. The van der Waals surface area contributed by atoms with Crippen LogP contribution < -0.4 is 0 Å². The van der Waals surface area contributed by atoms with Gasteiger partial charge in [0.25, 0.3) is 0 Å². The van der Waals surface area contributed by atoms with Crippen LogP contribution >= 0.6 is 0 Å². The van der Waals surface area contributed by atoms with Crippen LogP contribution in [0.5, 0.6) is 0 Å². The van der Waals surface area contributed by atoms with Crippen molar-refractivity contribution in [1.82, 2.24) is 4.90 Å². The van der Waals surface area contributed by atoms with Gasteiger partial charge in [-0.2, -0.15) is 0 Å². The fraction of sp³-hybridized carbons (Fsp3) is 1.00. The first kappa shape index (κ1) is 10.8. The van der Waals surface area contributed by atoms with E-state index in [9.17, 15) is 0 Å². The van der Waals surface area contributed by atoms with E-state index in [0.29, 0.717) is 16.4 Å². The zero-order chi connectivity index (χ0) is 11.7. The van der Waals surface area contributed by atoms with Crippen molar-refractivity contribution in [3.63, 3.8) is 0 Å². The zero-order valence-corrected chi connectivity index (χ0v) is 11.6. The van der Waals surface area contributed by atoms with Crippen LogP contribution in [0.15, 0.2) is 0 Å². The Bertz CT molecular complexity index is 323.